The van der Waals surface area contributed by atoms with E-state index in [0.29, 0.717) is 0 Å². The molecule has 1 heterocycles. The minimum absolute atomic E-state index is 0.198. The molecule has 2 aromatic carbocycles. The molecular formula is C25H31N2+. The monoisotopic (exact) mass is 359 g/mol. The molecule has 0 aromatic heterocycles. The highest BCUT2D eigenvalue weighted by atomic mass is 15.1. The van der Waals surface area contributed by atoms with Gasteiger partial charge in [-0.3, -0.25) is 0 Å². The number of anilines is 1. The second kappa shape index (κ2) is 7.72. The lowest BCUT2D eigenvalue weighted by molar-refractivity contribution is -0.437. The van der Waals surface area contributed by atoms with Gasteiger partial charge in [0.25, 0.3) is 0 Å². The number of fused-ring (bicyclic) bond motifs is 2. The quantitative estimate of drug-likeness (QED) is 0.616. The Morgan fingerprint density at radius 2 is 1.81 bits per heavy atom. The number of hydrogen-bond donors (Lipinski definition) is 1. The van der Waals surface area contributed by atoms with Crippen molar-refractivity contribution in [2.24, 2.45) is 0 Å². The Kier molecular flexibility index (Phi) is 5.15. The number of rotatable bonds is 5. The van der Waals surface area contributed by atoms with E-state index in [1.807, 2.05) is 0 Å². The van der Waals surface area contributed by atoms with E-state index in [0.717, 1.165) is 18.7 Å². The lowest BCUT2D eigenvalue weighted by atomic mass is 9.67. The second-order valence-corrected chi connectivity index (χ2v) is 8.04. The Balaban J connectivity index is 1.76. The van der Waals surface area contributed by atoms with Crippen LogP contribution in [0.25, 0.3) is 0 Å². The van der Waals surface area contributed by atoms with Crippen molar-refractivity contribution >= 4 is 17.1 Å². The molecule has 2 heteroatoms. The molecule has 2 aromatic rings. The predicted molar refractivity (Wildman–Crippen MR) is 115 cm³/mol. The van der Waals surface area contributed by atoms with Crippen molar-refractivity contribution in [1.82, 2.24) is 0 Å². The molecule has 1 spiro atoms. The van der Waals surface area contributed by atoms with Gasteiger partial charge < -0.3 is 5.32 Å². The van der Waals surface area contributed by atoms with Crippen LogP contribution in [0.1, 0.15) is 56.6 Å². The van der Waals surface area contributed by atoms with E-state index in [1.165, 1.54) is 49.1 Å². The molecule has 0 radical (unpaired) electrons. The van der Waals surface area contributed by atoms with Crippen LogP contribution in [0.15, 0.2) is 60.8 Å². The molecule has 1 saturated carbocycles. The fourth-order valence-corrected chi connectivity index (χ4v) is 4.94. The topological polar surface area (TPSA) is 15.0 Å². The zero-order chi connectivity index (χ0) is 18.7. The van der Waals surface area contributed by atoms with Gasteiger partial charge in [0.2, 0.25) is 5.69 Å². The molecule has 0 unspecified atom stereocenters. The molecule has 0 saturated heterocycles. The van der Waals surface area contributed by atoms with Crippen LogP contribution in [-0.2, 0) is 5.41 Å². The maximum atomic E-state index is 3.47. The third-order valence-electron chi connectivity index (χ3n) is 6.16. The smallest absolute Gasteiger partial charge is 0.209 e. The van der Waals surface area contributed by atoms with E-state index >= 15 is 0 Å². The Morgan fingerprint density at radius 3 is 2.56 bits per heavy atom. The summed E-state index contributed by atoms with van der Waals surface area (Å²) >= 11 is 0. The van der Waals surface area contributed by atoms with Gasteiger partial charge in [0.1, 0.15) is 6.54 Å². The van der Waals surface area contributed by atoms with Crippen molar-refractivity contribution in [2.45, 2.75) is 57.8 Å². The summed E-state index contributed by atoms with van der Waals surface area (Å²) < 4.78 is 2.59. The molecule has 2 aliphatic rings. The Morgan fingerprint density at radius 1 is 1.04 bits per heavy atom. The highest BCUT2D eigenvalue weighted by Crippen LogP contribution is 2.49. The predicted octanol–water partition coefficient (Wildman–Crippen LogP) is 6.33. The molecule has 1 fully saturated rings. The molecule has 1 aliphatic heterocycles. The van der Waals surface area contributed by atoms with Crippen LogP contribution in [0.4, 0.5) is 11.4 Å². The van der Waals surface area contributed by atoms with Crippen LogP contribution in [0, 0.1) is 6.92 Å². The van der Waals surface area contributed by atoms with E-state index in [9.17, 15) is 0 Å². The third-order valence-corrected chi connectivity index (χ3v) is 6.16. The van der Waals surface area contributed by atoms with Gasteiger partial charge >= 0.3 is 0 Å². The van der Waals surface area contributed by atoms with E-state index in [4.69, 9.17) is 0 Å². The first kappa shape index (κ1) is 18.0. The van der Waals surface area contributed by atoms with Crippen LogP contribution in [-0.4, -0.2) is 16.8 Å². The van der Waals surface area contributed by atoms with Gasteiger partial charge in [-0.15, -0.1) is 0 Å². The zero-order valence-corrected chi connectivity index (χ0v) is 16.7. The summed E-state index contributed by atoms with van der Waals surface area (Å²) in [6, 6.07) is 17.5. The Bertz CT molecular complexity index is 855. The number of nitrogens with one attached hydrogen (secondary N) is 1. The molecule has 0 atom stereocenters. The summed E-state index contributed by atoms with van der Waals surface area (Å²) in [7, 11) is 0. The minimum Gasteiger partial charge on any atom is -0.361 e. The van der Waals surface area contributed by atoms with Gasteiger partial charge in [0, 0.05) is 36.0 Å². The fraction of sp³-hybridized carbons (Fsp3) is 0.400. The highest BCUT2D eigenvalue weighted by molar-refractivity contribution is 6.04. The number of nitrogens with zero attached hydrogens (tertiary/aromatic N) is 1. The first-order chi connectivity index (χ1) is 13.2. The molecule has 2 nitrogen and oxygen atoms in total. The van der Waals surface area contributed by atoms with Gasteiger partial charge in [0.05, 0.1) is 5.41 Å². The van der Waals surface area contributed by atoms with Crippen molar-refractivity contribution in [3.8, 4) is 0 Å². The molecule has 1 aliphatic carbocycles. The number of hydrogen-bond acceptors (Lipinski definition) is 1. The Hall–Kier alpha value is -2.35. The lowest BCUT2D eigenvalue weighted by Crippen LogP contribution is -2.36. The van der Waals surface area contributed by atoms with Gasteiger partial charge in [0.15, 0.2) is 5.71 Å². The first-order valence-electron chi connectivity index (χ1n) is 10.5. The van der Waals surface area contributed by atoms with Gasteiger partial charge in [-0.05, 0) is 38.0 Å². The van der Waals surface area contributed by atoms with Crippen LogP contribution in [0.5, 0.6) is 0 Å². The summed E-state index contributed by atoms with van der Waals surface area (Å²) in [4.78, 5) is 0. The summed E-state index contributed by atoms with van der Waals surface area (Å²) in [6.07, 6.45) is 12.2. The molecule has 140 valence electrons. The van der Waals surface area contributed by atoms with Crippen molar-refractivity contribution < 1.29 is 4.58 Å². The number of para-hydroxylation sites is 1. The van der Waals surface area contributed by atoms with Gasteiger partial charge in [-0.2, -0.15) is 4.58 Å². The van der Waals surface area contributed by atoms with Crippen LogP contribution < -0.4 is 5.32 Å². The highest BCUT2D eigenvalue weighted by Gasteiger charge is 2.51. The molecule has 4 rings (SSSR count). The molecule has 1 N–H and O–H groups in total. The second-order valence-electron chi connectivity index (χ2n) is 8.04. The number of benzene rings is 2. The minimum atomic E-state index is 0.198. The number of allylic oxidation sites excluding steroid dienone is 1. The lowest BCUT2D eigenvalue weighted by Gasteiger charge is -2.31. The zero-order valence-electron chi connectivity index (χ0n) is 16.7. The van der Waals surface area contributed by atoms with Gasteiger partial charge in [-0.25, -0.2) is 0 Å². The summed E-state index contributed by atoms with van der Waals surface area (Å²) in [5.74, 6) is 0. The van der Waals surface area contributed by atoms with Crippen molar-refractivity contribution in [3.05, 3.63) is 71.9 Å². The first-order valence-corrected chi connectivity index (χ1v) is 10.5. The third kappa shape index (κ3) is 3.34. The fourth-order valence-electron chi connectivity index (χ4n) is 4.94. The SMILES string of the molecule is CCC[N+]1=C(/C=C/Nc2ccccc2)C2(CCCCC2)c2cc(C)ccc21. The largest absolute Gasteiger partial charge is 0.361 e. The van der Waals surface area contributed by atoms with E-state index < -0.39 is 0 Å². The van der Waals surface area contributed by atoms with Crippen molar-refractivity contribution in [1.29, 1.82) is 0 Å². The van der Waals surface area contributed by atoms with E-state index in [2.05, 4.69) is 84.5 Å². The van der Waals surface area contributed by atoms with Gasteiger partial charge in [-0.1, -0.05) is 56.0 Å². The summed E-state index contributed by atoms with van der Waals surface area (Å²) in [6.45, 7) is 5.60. The molecule has 27 heavy (non-hydrogen) atoms. The Labute approximate surface area is 163 Å². The summed E-state index contributed by atoms with van der Waals surface area (Å²) in [5.41, 5.74) is 7.21. The molecule has 0 bridgehead atoms. The average molecular weight is 360 g/mol. The normalized spacial score (nSPS) is 18.3. The standard InChI is InChI=1S/C25H30N2/c1-3-18-27-23-13-12-20(2)19-22(23)25(15-8-5-9-16-25)24(27)14-17-26-21-10-6-4-7-11-21/h4,6-7,10-14,17,19H,3,5,8-9,15-16,18H2,1-2H3/p+1. The molecule has 0 amide bonds. The van der Waals surface area contributed by atoms with Crippen LogP contribution >= 0.6 is 0 Å². The van der Waals surface area contributed by atoms with Crippen molar-refractivity contribution in [2.75, 3.05) is 11.9 Å². The van der Waals surface area contributed by atoms with Crippen LogP contribution in [0.2, 0.25) is 0 Å². The number of aryl methyl sites for hydroxylation is 1. The van der Waals surface area contributed by atoms with Crippen molar-refractivity contribution in [3.63, 3.8) is 0 Å². The summed E-state index contributed by atoms with van der Waals surface area (Å²) in [5, 5.41) is 3.47. The van der Waals surface area contributed by atoms with E-state index in [-0.39, 0.29) is 5.41 Å². The molecular weight excluding hydrogens is 328 g/mol. The maximum Gasteiger partial charge on any atom is 0.209 e. The van der Waals surface area contributed by atoms with Crippen LogP contribution in [0.3, 0.4) is 0 Å². The average Bonchev–Trinajstić information content (AvgIpc) is 2.93. The maximum absolute atomic E-state index is 3.47. The van der Waals surface area contributed by atoms with E-state index in [1.54, 1.807) is 5.56 Å².